The van der Waals surface area contributed by atoms with E-state index in [1.807, 2.05) is 36.5 Å². The van der Waals surface area contributed by atoms with Gasteiger partial charge in [-0.1, -0.05) is 24.3 Å². The minimum absolute atomic E-state index is 0.783. The molecule has 3 N–H and O–H groups in total. The van der Waals surface area contributed by atoms with E-state index in [4.69, 9.17) is 5.73 Å². The number of nitrogens with one attached hydrogen (secondary N) is 1. The molecule has 17 heavy (non-hydrogen) atoms. The van der Waals surface area contributed by atoms with Gasteiger partial charge in [-0.3, -0.25) is 0 Å². The van der Waals surface area contributed by atoms with Gasteiger partial charge in [-0.05, 0) is 29.3 Å². The number of hydrogen-bond acceptors (Lipinski definition) is 3. The van der Waals surface area contributed by atoms with E-state index in [-0.39, 0.29) is 0 Å². The number of fused-ring (bicyclic) bond motifs is 1. The van der Waals surface area contributed by atoms with Gasteiger partial charge in [0, 0.05) is 24.0 Å². The second kappa shape index (κ2) is 3.94. The molecule has 3 rings (SSSR count). The smallest absolute Gasteiger partial charge is 0.134 e. The van der Waals surface area contributed by atoms with Crippen molar-refractivity contribution in [1.29, 1.82) is 0 Å². The van der Waals surface area contributed by atoms with E-state index in [1.54, 1.807) is 0 Å². The third-order valence-corrected chi connectivity index (χ3v) is 2.88. The Balaban J connectivity index is 2.16. The summed E-state index contributed by atoms with van der Waals surface area (Å²) in [5.74, 6) is 0.946. The van der Waals surface area contributed by atoms with Crippen LogP contribution in [0.15, 0.2) is 42.6 Å². The second-order valence-corrected chi connectivity index (χ2v) is 4.03. The summed E-state index contributed by atoms with van der Waals surface area (Å²) >= 11 is 0. The molecule has 0 bridgehead atoms. The SMILES string of the molecule is Nc1ccc(-c2ccnc3c2C=CCN3)cc1. The number of pyridine rings is 1. The van der Waals surface area contributed by atoms with Gasteiger partial charge in [-0.25, -0.2) is 4.98 Å². The van der Waals surface area contributed by atoms with Crippen molar-refractivity contribution in [2.45, 2.75) is 0 Å². The van der Waals surface area contributed by atoms with Crippen molar-refractivity contribution in [1.82, 2.24) is 4.98 Å². The summed E-state index contributed by atoms with van der Waals surface area (Å²) in [6.45, 7) is 0.838. The Labute approximate surface area is 100.0 Å². The van der Waals surface area contributed by atoms with Gasteiger partial charge in [0.2, 0.25) is 0 Å². The maximum Gasteiger partial charge on any atom is 0.134 e. The second-order valence-electron chi connectivity index (χ2n) is 4.03. The Morgan fingerprint density at radius 2 is 1.94 bits per heavy atom. The van der Waals surface area contributed by atoms with Crippen LogP contribution in [0, 0.1) is 0 Å². The first-order chi connectivity index (χ1) is 8.34. The molecule has 2 heterocycles. The lowest BCUT2D eigenvalue weighted by molar-refractivity contribution is 1.20. The van der Waals surface area contributed by atoms with Crippen LogP contribution >= 0.6 is 0 Å². The number of rotatable bonds is 1. The molecular formula is C14H13N3. The third kappa shape index (κ3) is 1.76. The Morgan fingerprint density at radius 3 is 2.76 bits per heavy atom. The predicted octanol–water partition coefficient (Wildman–Crippen LogP) is 2.77. The molecule has 3 nitrogen and oxygen atoms in total. The molecule has 0 amide bonds. The van der Waals surface area contributed by atoms with Gasteiger partial charge in [0.15, 0.2) is 0 Å². The first-order valence-corrected chi connectivity index (χ1v) is 5.60. The summed E-state index contributed by atoms with van der Waals surface area (Å²) in [4.78, 5) is 4.34. The van der Waals surface area contributed by atoms with Crippen LogP contribution in [0.4, 0.5) is 11.5 Å². The number of hydrogen-bond donors (Lipinski definition) is 2. The van der Waals surface area contributed by atoms with Crippen molar-refractivity contribution in [2.24, 2.45) is 0 Å². The number of nitrogen functional groups attached to an aromatic ring is 1. The van der Waals surface area contributed by atoms with Crippen LogP contribution in [0.2, 0.25) is 0 Å². The van der Waals surface area contributed by atoms with Crippen molar-refractivity contribution in [3.8, 4) is 11.1 Å². The minimum atomic E-state index is 0.783. The molecule has 0 atom stereocenters. The number of anilines is 2. The summed E-state index contributed by atoms with van der Waals surface area (Å²) < 4.78 is 0. The lowest BCUT2D eigenvalue weighted by atomic mass is 9.99. The Morgan fingerprint density at radius 1 is 1.12 bits per heavy atom. The zero-order valence-corrected chi connectivity index (χ0v) is 9.35. The Hall–Kier alpha value is -2.29. The van der Waals surface area contributed by atoms with Crippen molar-refractivity contribution in [3.63, 3.8) is 0 Å². The zero-order valence-electron chi connectivity index (χ0n) is 9.35. The average molecular weight is 223 g/mol. The molecule has 1 aliphatic heterocycles. The number of benzene rings is 1. The van der Waals surface area contributed by atoms with Gasteiger partial charge in [0.1, 0.15) is 5.82 Å². The first-order valence-electron chi connectivity index (χ1n) is 5.60. The molecule has 84 valence electrons. The van der Waals surface area contributed by atoms with Gasteiger partial charge in [-0.2, -0.15) is 0 Å². The average Bonchev–Trinajstić information content (AvgIpc) is 2.39. The summed E-state index contributed by atoms with van der Waals surface area (Å²) in [5.41, 5.74) is 9.97. The highest BCUT2D eigenvalue weighted by Gasteiger charge is 2.10. The normalized spacial score (nSPS) is 12.9. The highest BCUT2D eigenvalue weighted by atomic mass is 15.0. The number of aromatic nitrogens is 1. The molecule has 3 heteroatoms. The summed E-state index contributed by atoms with van der Waals surface area (Å²) in [6.07, 6.45) is 6.05. The highest BCUT2D eigenvalue weighted by molar-refractivity contribution is 5.82. The van der Waals surface area contributed by atoms with Crippen LogP contribution in [-0.4, -0.2) is 11.5 Å². The quantitative estimate of drug-likeness (QED) is 0.731. The van der Waals surface area contributed by atoms with E-state index in [9.17, 15) is 0 Å². The molecule has 0 fully saturated rings. The largest absolute Gasteiger partial charge is 0.399 e. The van der Waals surface area contributed by atoms with E-state index in [0.717, 1.165) is 29.2 Å². The summed E-state index contributed by atoms with van der Waals surface area (Å²) in [6, 6.07) is 9.94. The number of nitrogens with two attached hydrogens (primary N) is 1. The molecule has 0 spiro atoms. The molecule has 0 unspecified atom stereocenters. The molecule has 0 aliphatic carbocycles. The Bertz CT molecular complexity index is 571. The zero-order chi connectivity index (χ0) is 11.7. The van der Waals surface area contributed by atoms with Crippen LogP contribution in [-0.2, 0) is 0 Å². The van der Waals surface area contributed by atoms with E-state index in [2.05, 4.69) is 22.5 Å². The van der Waals surface area contributed by atoms with E-state index in [0.29, 0.717) is 0 Å². The van der Waals surface area contributed by atoms with Crippen molar-refractivity contribution < 1.29 is 0 Å². The molecule has 0 radical (unpaired) electrons. The molecular weight excluding hydrogens is 210 g/mol. The van der Waals surface area contributed by atoms with Crippen molar-refractivity contribution in [3.05, 3.63) is 48.2 Å². The van der Waals surface area contributed by atoms with E-state index in [1.165, 1.54) is 5.56 Å². The number of nitrogens with zero attached hydrogens (tertiary/aromatic N) is 1. The monoisotopic (exact) mass is 223 g/mol. The summed E-state index contributed by atoms with van der Waals surface area (Å²) in [7, 11) is 0. The van der Waals surface area contributed by atoms with E-state index < -0.39 is 0 Å². The molecule has 0 saturated carbocycles. The van der Waals surface area contributed by atoms with Gasteiger partial charge in [0.25, 0.3) is 0 Å². The summed E-state index contributed by atoms with van der Waals surface area (Å²) in [5, 5.41) is 3.26. The molecule has 0 saturated heterocycles. The molecule has 2 aromatic rings. The van der Waals surface area contributed by atoms with Crippen LogP contribution in [0.3, 0.4) is 0 Å². The standard InChI is InChI=1S/C14H13N3/c15-11-5-3-10(4-6-11)12-7-9-17-14-13(12)2-1-8-16-14/h1-7,9H,8,15H2,(H,16,17). The van der Waals surface area contributed by atoms with Crippen LogP contribution in [0.1, 0.15) is 5.56 Å². The van der Waals surface area contributed by atoms with Crippen LogP contribution in [0.25, 0.3) is 17.2 Å². The first kappa shape index (κ1) is 9.90. The van der Waals surface area contributed by atoms with Gasteiger partial charge >= 0.3 is 0 Å². The fourth-order valence-corrected chi connectivity index (χ4v) is 2.03. The third-order valence-electron chi connectivity index (χ3n) is 2.88. The van der Waals surface area contributed by atoms with Crippen LogP contribution in [0.5, 0.6) is 0 Å². The van der Waals surface area contributed by atoms with Crippen molar-refractivity contribution >= 4 is 17.6 Å². The minimum Gasteiger partial charge on any atom is -0.399 e. The van der Waals surface area contributed by atoms with Crippen LogP contribution < -0.4 is 11.1 Å². The van der Waals surface area contributed by atoms with Gasteiger partial charge in [0.05, 0.1) is 0 Å². The predicted molar refractivity (Wildman–Crippen MR) is 71.6 cm³/mol. The van der Waals surface area contributed by atoms with Gasteiger partial charge in [-0.15, -0.1) is 0 Å². The van der Waals surface area contributed by atoms with Gasteiger partial charge < -0.3 is 11.1 Å². The lowest BCUT2D eigenvalue weighted by Gasteiger charge is -2.15. The fraction of sp³-hybridized carbons (Fsp3) is 0.0714. The van der Waals surface area contributed by atoms with E-state index >= 15 is 0 Å². The molecule has 1 aromatic carbocycles. The molecule has 1 aromatic heterocycles. The highest BCUT2D eigenvalue weighted by Crippen LogP contribution is 2.30. The fourth-order valence-electron chi connectivity index (χ4n) is 2.03. The molecule has 1 aliphatic rings. The maximum absolute atomic E-state index is 5.70. The lowest BCUT2D eigenvalue weighted by Crippen LogP contribution is -2.07. The van der Waals surface area contributed by atoms with Crippen molar-refractivity contribution in [2.75, 3.05) is 17.6 Å². The maximum atomic E-state index is 5.70. The Kier molecular flexibility index (Phi) is 2.29. The topological polar surface area (TPSA) is 50.9 Å².